The fraction of sp³-hybridized carbons (Fsp3) is 0.421. The van der Waals surface area contributed by atoms with Gasteiger partial charge in [0.15, 0.2) is 0 Å². The number of halogens is 1. The minimum atomic E-state index is 0. The summed E-state index contributed by atoms with van der Waals surface area (Å²) in [5, 5.41) is 0. The van der Waals surface area contributed by atoms with Crippen LogP contribution in [-0.4, -0.2) is 0 Å². The molecule has 0 amide bonds. The first-order valence-corrected chi connectivity index (χ1v) is 8.04. The van der Waals surface area contributed by atoms with E-state index in [0.29, 0.717) is 0 Å². The van der Waals surface area contributed by atoms with E-state index < -0.39 is 0 Å². The van der Waals surface area contributed by atoms with Crippen molar-refractivity contribution in [3.8, 4) is 11.1 Å². The highest BCUT2D eigenvalue weighted by Crippen LogP contribution is 2.37. The Bertz CT molecular complexity index is 557. The van der Waals surface area contributed by atoms with E-state index in [-0.39, 0.29) is 27.8 Å². The molecular weight excluding hydrogens is 340 g/mol. The van der Waals surface area contributed by atoms with Gasteiger partial charge in [-0.3, -0.25) is 0 Å². The lowest BCUT2D eigenvalue weighted by Crippen LogP contribution is -3.00. The van der Waals surface area contributed by atoms with Gasteiger partial charge in [0.05, 0.1) is 0 Å². The SMILES string of the molecule is CC(C)(C)c1cc(-c2ccccc2)cc(C(C)(C)C)[s+]1.[Br-]. The molecule has 1 heterocycles. The minimum Gasteiger partial charge on any atom is -1.00 e. The molecule has 0 aliphatic carbocycles. The number of hydrogen-bond donors (Lipinski definition) is 0. The maximum Gasteiger partial charge on any atom is 0.219 e. The van der Waals surface area contributed by atoms with E-state index in [1.54, 1.807) is 0 Å². The lowest BCUT2D eigenvalue weighted by Gasteiger charge is -2.16. The highest BCUT2D eigenvalue weighted by molar-refractivity contribution is 7.12. The monoisotopic (exact) mass is 364 g/mol. The first-order chi connectivity index (χ1) is 9.18. The Morgan fingerprint density at radius 3 is 1.48 bits per heavy atom. The molecule has 0 bridgehead atoms. The molecule has 114 valence electrons. The molecule has 2 heteroatoms. The molecule has 0 aliphatic heterocycles. The van der Waals surface area contributed by atoms with Gasteiger partial charge in [-0.25, -0.2) is 0 Å². The van der Waals surface area contributed by atoms with Gasteiger partial charge in [-0.2, -0.15) is 0 Å². The van der Waals surface area contributed by atoms with Crippen molar-refractivity contribution in [1.29, 1.82) is 0 Å². The van der Waals surface area contributed by atoms with Gasteiger partial charge in [-0.05, 0) is 11.1 Å². The van der Waals surface area contributed by atoms with Crippen LogP contribution < -0.4 is 17.0 Å². The second-order valence-corrected chi connectivity index (χ2v) is 8.52. The van der Waals surface area contributed by atoms with E-state index >= 15 is 0 Å². The number of rotatable bonds is 1. The standard InChI is InChI=1S/C19H25S.BrH/c1-18(2,3)16-12-15(14-10-8-7-9-11-14)13-17(20-16)19(4,5)6;/h7-13H,1-6H3;1H/q+1;/p-1. The van der Waals surface area contributed by atoms with Crippen LogP contribution in [-0.2, 0) is 10.8 Å². The quantitative estimate of drug-likeness (QED) is 0.681. The van der Waals surface area contributed by atoms with Crippen molar-refractivity contribution in [1.82, 2.24) is 0 Å². The fourth-order valence-electron chi connectivity index (χ4n) is 2.04. The van der Waals surface area contributed by atoms with Crippen LogP contribution in [0.4, 0.5) is 0 Å². The maximum absolute atomic E-state index is 2.36. The normalized spacial score (nSPS) is 11.9. The Kier molecular flexibility index (Phi) is 5.74. The summed E-state index contributed by atoms with van der Waals surface area (Å²) in [4.78, 5) is 2.90. The predicted octanol–water partition coefficient (Wildman–Crippen LogP) is 3.30. The van der Waals surface area contributed by atoms with E-state index in [1.807, 2.05) is 11.3 Å². The summed E-state index contributed by atoms with van der Waals surface area (Å²) >= 11 is 1.95. The Morgan fingerprint density at radius 2 is 1.10 bits per heavy atom. The van der Waals surface area contributed by atoms with Gasteiger partial charge in [0, 0.05) is 23.0 Å². The van der Waals surface area contributed by atoms with Crippen LogP contribution in [0, 0.1) is 0 Å². The topological polar surface area (TPSA) is 0 Å². The van der Waals surface area contributed by atoms with Crippen LogP contribution in [0.25, 0.3) is 11.1 Å². The zero-order valence-corrected chi connectivity index (χ0v) is 16.2. The Hall–Kier alpha value is -0.730. The van der Waals surface area contributed by atoms with Crippen molar-refractivity contribution in [2.24, 2.45) is 0 Å². The summed E-state index contributed by atoms with van der Waals surface area (Å²) in [6.45, 7) is 13.8. The van der Waals surface area contributed by atoms with Crippen LogP contribution >= 0.6 is 11.3 Å². The predicted molar refractivity (Wildman–Crippen MR) is 91.6 cm³/mol. The van der Waals surface area contributed by atoms with Gasteiger partial charge in [0.25, 0.3) is 0 Å². The average Bonchev–Trinajstić information content (AvgIpc) is 2.37. The molecule has 0 radical (unpaired) electrons. The molecule has 2 rings (SSSR count). The molecule has 21 heavy (non-hydrogen) atoms. The van der Waals surface area contributed by atoms with E-state index in [4.69, 9.17) is 0 Å². The second-order valence-electron chi connectivity index (χ2n) is 7.44. The molecule has 0 saturated heterocycles. The van der Waals surface area contributed by atoms with Gasteiger partial charge in [0.1, 0.15) is 0 Å². The van der Waals surface area contributed by atoms with E-state index in [9.17, 15) is 0 Å². The molecule has 1 aromatic heterocycles. The highest BCUT2D eigenvalue weighted by atomic mass is 79.9. The van der Waals surface area contributed by atoms with Gasteiger partial charge in [-0.1, -0.05) is 71.9 Å². The zero-order valence-electron chi connectivity index (χ0n) is 13.8. The van der Waals surface area contributed by atoms with Crippen LogP contribution in [0.2, 0.25) is 0 Å². The summed E-state index contributed by atoms with van der Waals surface area (Å²) < 4.78 is 0. The summed E-state index contributed by atoms with van der Waals surface area (Å²) in [5.41, 5.74) is 3.01. The van der Waals surface area contributed by atoms with E-state index in [0.717, 1.165) is 0 Å². The summed E-state index contributed by atoms with van der Waals surface area (Å²) in [5.74, 6) is 0. The molecule has 0 nitrogen and oxygen atoms in total. The number of benzene rings is 1. The molecule has 0 spiro atoms. The van der Waals surface area contributed by atoms with Crippen molar-refractivity contribution < 1.29 is 17.0 Å². The largest absolute Gasteiger partial charge is 1.00 e. The summed E-state index contributed by atoms with van der Waals surface area (Å²) in [6, 6.07) is 15.4. The molecule has 2 aromatic rings. The molecule has 0 atom stereocenters. The third-order valence-corrected chi connectivity index (χ3v) is 5.28. The van der Waals surface area contributed by atoms with Gasteiger partial charge >= 0.3 is 0 Å². The van der Waals surface area contributed by atoms with E-state index in [2.05, 4.69) is 84.0 Å². The first-order valence-electron chi connectivity index (χ1n) is 7.22. The van der Waals surface area contributed by atoms with Gasteiger partial charge < -0.3 is 17.0 Å². The minimum absolute atomic E-state index is 0. The van der Waals surface area contributed by atoms with Gasteiger partial charge in [-0.15, -0.1) is 0 Å². The second kappa shape index (κ2) is 6.58. The van der Waals surface area contributed by atoms with Crippen molar-refractivity contribution >= 4 is 11.3 Å². The Morgan fingerprint density at radius 1 is 0.667 bits per heavy atom. The lowest BCUT2D eigenvalue weighted by atomic mass is 9.90. The Balaban J connectivity index is 0.00000220. The number of hydrogen-bond acceptors (Lipinski definition) is 0. The third-order valence-electron chi connectivity index (χ3n) is 3.38. The molecule has 0 N–H and O–H groups in total. The molecule has 0 aliphatic rings. The molecule has 0 saturated carbocycles. The molecule has 1 aromatic carbocycles. The molecular formula is C19H25BrS. The summed E-state index contributed by atoms with van der Waals surface area (Å²) in [7, 11) is 0. The lowest BCUT2D eigenvalue weighted by molar-refractivity contribution is -0.00000494. The zero-order chi connectivity index (χ0) is 15.0. The molecule has 0 unspecified atom stereocenters. The molecule has 0 fully saturated rings. The van der Waals surface area contributed by atoms with Crippen molar-refractivity contribution in [3.05, 3.63) is 52.2 Å². The van der Waals surface area contributed by atoms with Crippen molar-refractivity contribution in [2.75, 3.05) is 0 Å². The van der Waals surface area contributed by atoms with Crippen molar-refractivity contribution in [2.45, 2.75) is 52.4 Å². The van der Waals surface area contributed by atoms with Gasteiger partial charge in [0.2, 0.25) is 21.1 Å². The van der Waals surface area contributed by atoms with Crippen LogP contribution in [0.5, 0.6) is 0 Å². The van der Waals surface area contributed by atoms with Crippen LogP contribution in [0.1, 0.15) is 51.3 Å². The summed E-state index contributed by atoms with van der Waals surface area (Å²) in [6.07, 6.45) is 0. The average molecular weight is 365 g/mol. The van der Waals surface area contributed by atoms with E-state index in [1.165, 1.54) is 20.9 Å². The van der Waals surface area contributed by atoms with Crippen LogP contribution in [0.15, 0.2) is 42.5 Å². The van der Waals surface area contributed by atoms with Crippen LogP contribution in [0.3, 0.4) is 0 Å². The highest BCUT2D eigenvalue weighted by Gasteiger charge is 2.31. The maximum atomic E-state index is 2.36. The fourth-order valence-corrected chi connectivity index (χ4v) is 3.26. The van der Waals surface area contributed by atoms with Crippen molar-refractivity contribution in [3.63, 3.8) is 0 Å². The third kappa shape index (κ3) is 4.62. The first kappa shape index (κ1) is 18.3. The Labute approximate surface area is 144 Å². The smallest absolute Gasteiger partial charge is 0.219 e.